The van der Waals surface area contributed by atoms with Crippen LogP contribution in [0, 0.1) is 0 Å². The molecule has 21 heavy (non-hydrogen) atoms. The lowest BCUT2D eigenvalue weighted by atomic mass is 9.97. The monoisotopic (exact) mass is 290 g/mol. The third kappa shape index (κ3) is 5.44. The molecule has 1 aromatic carbocycles. The van der Waals surface area contributed by atoms with Gasteiger partial charge in [-0.1, -0.05) is 52.0 Å². The van der Waals surface area contributed by atoms with Gasteiger partial charge in [0.15, 0.2) is 0 Å². The standard InChI is InChI=1S/C19H34N2/c1-6-14-21(15-7-2)16(5)19(20-9-4)18-12-10-17(8-3)11-13-18/h10-13,16,19-20H,6-9,14-15H2,1-5H3. The van der Waals surface area contributed by atoms with Crippen molar-refractivity contribution in [1.82, 2.24) is 10.2 Å². The first kappa shape index (κ1) is 18.2. The van der Waals surface area contributed by atoms with E-state index in [-0.39, 0.29) is 0 Å². The molecular formula is C19H34N2. The molecule has 0 amide bonds. The Morgan fingerprint density at radius 3 is 1.95 bits per heavy atom. The number of benzene rings is 1. The maximum absolute atomic E-state index is 3.69. The van der Waals surface area contributed by atoms with Gasteiger partial charge in [0.05, 0.1) is 0 Å². The summed E-state index contributed by atoms with van der Waals surface area (Å²) in [6, 6.07) is 10.1. The van der Waals surface area contributed by atoms with E-state index in [0.29, 0.717) is 12.1 Å². The summed E-state index contributed by atoms with van der Waals surface area (Å²) in [6.45, 7) is 14.7. The van der Waals surface area contributed by atoms with Gasteiger partial charge in [0.1, 0.15) is 0 Å². The molecular weight excluding hydrogens is 256 g/mol. The molecule has 0 fully saturated rings. The molecule has 120 valence electrons. The van der Waals surface area contributed by atoms with Crippen LogP contribution in [0.4, 0.5) is 0 Å². The van der Waals surface area contributed by atoms with E-state index in [1.807, 2.05) is 0 Å². The topological polar surface area (TPSA) is 15.3 Å². The highest BCUT2D eigenvalue weighted by Crippen LogP contribution is 2.22. The van der Waals surface area contributed by atoms with Gasteiger partial charge in [-0.25, -0.2) is 0 Å². The summed E-state index contributed by atoms with van der Waals surface area (Å²) in [5, 5.41) is 3.69. The second-order valence-corrected chi connectivity index (χ2v) is 5.91. The molecule has 2 heteroatoms. The Bertz CT molecular complexity index is 366. The van der Waals surface area contributed by atoms with Crippen molar-refractivity contribution in [1.29, 1.82) is 0 Å². The molecule has 2 unspecified atom stereocenters. The van der Waals surface area contributed by atoms with Gasteiger partial charge < -0.3 is 5.32 Å². The number of nitrogens with zero attached hydrogens (tertiary/aromatic N) is 1. The van der Waals surface area contributed by atoms with Crippen molar-refractivity contribution in [3.05, 3.63) is 35.4 Å². The fourth-order valence-corrected chi connectivity index (χ4v) is 3.05. The van der Waals surface area contributed by atoms with Crippen molar-refractivity contribution in [2.45, 2.75) is 66.0 Å². The second-order valence-electron chi connectivity index (χ2n) is 5.91. The average Bonchev–Trinajstić information content (AvgIpc) is 2.52. The number of hydrogen-bond acceptors (Lipinski definition) is 2. The minimum atomic E-state index is 0.416. The largest absolute Gasteiger partial charge is 0.309 e. The van der Waals surface area contributed by atoms with E-state index in [1.165, 1.54) is 37.1 Å². The number of aryl methyl sites for hydroxylation is 1. The highest BCUT2D eigenvalue weighted by molar-refractivity contribution is 5.26. The summed E-state index contributed by atoms with van der Waals surface area (Å²) in [7, 11) is 0. The normalized spacial score (nSPS) is 14.4. The van der Waals surface area contributed by atoms with Gasteiger partial charge in [-0.3, -0.25) is 4.90 Å². The van der Waals surface area contributed by atoms with E-state index in [1.54, 1.807) is 0 Å². The lowest BCUT2D eigenvalue weighted by molar-refractivity contribution is 0.170. The summed E-state index contributed by atoms with van der Waals surface area (Å²) in [5.74, 6) is 0. The van der Waals surface area contributed by atoms with Crippen LogP contribution in [-0.4, -0.2) is 30.6 Å². The van der Waals surface area contributed by atoms with E-state index in [9.17, 15) is 0 Å². The van der Waals surface area contributed by atoms with Gasteiger partial charge >= 0.3 is 0 Å². The number of likely N-dealkylation sites (N-methyl/N-ethyl adjacent to an activating group) is 1. The van der Waals surface area contributed by atoms with Crippen LogP contribution < -0.4 is 5.32 Å². The summed E-state index contributed by atoms with van der Waals surface area (Å²) in [5.41, 5.74) is 2.83. The molecule has 0 aliphatic rings. The minimum absolute atomic E-state index is 0.416. The van der Waals surface area contributed by atoms with Crippen LogP contribution in [0.2, 0.25) is 0 Å². The fourth-order valence-electron chi connectivity index (χ4n) is 3.05. The highest BCUT2D eigenvalue weighted by atomic mass is 15.2. The fraction of sp³-hybridized carbons (Fsp3) is 0.684. The SMILES string of the molecule is CCCN(CCC)C(C)C(NCC)c1ccc(CC)cc1. The molecule has 0 bridgehead atoms. The maximum atomic E-state index is 3.69. The third-order valence-electron chi connectivity index (χ3n) is 4.25. The maximum Gasteiger partial charge on any atom is 0.0475 e. The molecule has 0 aliphatic carbocycles. The number of nitrogens with one attached hydrogen (secondary N) is 1. The lowest BCUT2D eigenvalue weighted by Gasteiger charge is -2.35. The van der Waals surface area contributed by atoms with Crippen LogP contribution in [0.3, 0.4) is 0 Å². The molecule has 0 saturated heterocycles. The summed E-state index contributed by atoms with van der Waals surface area (Å²) < 4.78 is 0. The predicted octanol–water partition coefficient (Wildman–Crippen LogP) is 4.41. The Kier molecular flexibility index (Phi) is 8.63. The zero-order chi connectivity index (χ0) is 15.7. The first-order valence-corrected chi connectivity index (χ1v) is 8.74. The van der Waals surface area contributed by atoms with Crippen LogP contribution >= 0.6 is 0 Å². The van der Waals surface area contributed by atoms with E-state index in [4.69, 9.17) is 0 Å². The Morgan fingerprint density at radius 1 is 0.952 bits per heavy atom. The van der Waals surface area contributed by atoms with Crippen LogP contribution in [-0.2, 0) is 6.42 Å². The first-order valence-electron chi connectivity index (χ1n) is 8.74. The summed E-state index contributed by atoms with van der Waals surface area (Å²) in [6.07, 6.45) is 3.55. The van der Waals surface area contributed by atoms with E-state index in [2.05, 4.69) is 69.1 Å². The zero-order valence-electron chi connectivity index (χ0n) is 14.7. The van der Waals surface area contributed by atoms with Gasteiger partial charge in [-0.15, -0.1) is 0 Å². The Morgan fingerprint density at radius 2 is 1.52 bits per heavy atom. The first-order chi connectivity index (χ1) is 10.2. The quantitative estimate of drug-likeness (QED) is 0.686. The van der Waals surface area contributed by atoms with Gasteiger partial charge in [0.25, 0.3) is 0 Å². The Labute approximate surface area is 131 Å². The highest BCUT2D eigenvalue weighted by Gasteiger charge is 2.23. The molecule has 1 aromatic rings. The Hall–Kier alpha value is -0.860. The van der Waals surface area contributed by atoms with Gasteiger partial charge in [-0.2, -0.15) is 0 Å². The lowest BCUT2D eigenvalue weighted by Crippen LogP contribution is -2.43. The Balaban J connectivity index is 2.91. The van der Waals surface area contributed by atoms with Crippen LogP contribution in [0.5, 0.6) is 0 Å². The minimum Gasteiger partial charge on any atom is -0.309 e. The van der Waals surface area contributed by atoms with E-state index < -0.39 is 0 Å². The molecule has 0 spiro atoms. The van der Waals surface area contributed by atoms with E-state index >= 15 is 0 Å². The number of rotatable bonds is 10. The van der Waals surface area contributed by atoms with Gasteiger partial charge in [0.2, 0.25) is 0 Å². The van der Waals surface area contributed by atoms with Gasteiger partial charge in [0, 0.05) is 12.1 Å². The predicted molar refractivity (Wildman–Crippen MR) is 93.9 cm³/mol. The molecule has 0 aliphatic heterocycles. The van der Waals surface area contributed by atoms with Crippen molar-refractivity contribution in [3.8, 4) is 0 Å². The molecule has 2 nitrogen and oxygen atoms in total. The second kappa shape index (κ2) is 9.97. The summed E-state index contributed by atoms with van der Waals surface area (Å²) >= 11 is 0. The molecule has 1 N–H and O–H groups in total. The molecule has 0 aromatic heterocycles. The smallest absolute Gasteiger partial charge is 0.0475 e. The van der Waals surface area contributed by atoms with Gasteiger partial charge in [-0.05, 0) is 56.9 Å². The zero-order valence-corrected chi connectivity index (χ0v) is 14.7. The van der Waals surface area contributed by atoms with Crippen molar-refractivity contribution < 1.29 is 0 Å². The molecule has 0 radical (unpaired) electrons. The summed E-state index contributed by atoms with van der Waals surface area (Å²) in [4.78, 5) is 2.63. The van der Waals surface area contributed by atoms with Crippen LogP contribution in [0.1, 0.15) is 64.6 Å². The van der Waals surface area contributed by atoms with Crippen molar-refractivity contribution in [2.75, 3.05) is 19.6 Å². The molecule has 0 saturated carbocycles. The van der Waals surface area contributed by atoms with Crippen molar-refractivity contribution in [3.63, 3.8) is 0 Å². The van der Waals surface area contributed by atoms with Crippen molar-refractivity contribution >= 4 is 0 Å². The average molecular weight is 290 g/mol. The van der Waals surface area contributed by atoms with Crippen LogP contribution in [0.25, 0.3) is 0 Å². The van der Waals surface area contributed by atoms with Crippen LogP contribution in [0.15, 0.2) is 24.3 Å². The molecule has 1 rings (SSSR count). The molecule has 2 atom stereocenters. The number of hydrogen-bond donors (Lipinski definition) is 1. The van der Waals surface area contributed by atoms with Crippen molar-refractivity contribution in [2.24, 2.45) is 0 Å². The molecule has 0 heterocycles. The van der Waals surface area contributed by atoms with E-state index in [0.717, 1.165) is 13.0 Å². The third-order valence-corrected chi connectivity index (χ3v) is 4.25.